The number of hydrogen-bond donors (Lipinski definition) is 1. The minimum absolute atomic E-state index is 0.0952. The zero-order chi connectivity index (χ0) is 18.5. The first-order valence-corrected chi connectivity index (χ1v) is 8.75. The van der Waals surface area contributed by atoms with E-state index in [-0.39, 0.29) is 5.91 Å². The van der Waals surface area contributed by atoms with E-state index in [2.05, 4.69) is 30.2 Å². The van der Waals surface area contributed by atoms with Crippen LogP contribution in [-0.2, 0) is 0 Å². The average molecular weight is 361 g/mol. The van der Waals surface area contributed by atoms with Crippen molar-refractivity contribution in [3.05, 3.63) is 66.9 Å². The van der Waals surface area contributed by atoms with Crippen LogP contribution < -0.4 is 10.2 Å². The monoisotopic (exact) mass is 361 g/mol. The summed E-state index contributed by atoms with van der Waals surface area (Å²) in [5.74, 6) is 1.19. The molecule has 0 spiro atoms. The Morgan fingerprint density at radius 2 is 1.63 bits per heavy atom. The van der Waals surface area contributed by atoms with Crippen LogP contribution in [0.4, 0.5) is 17.5 Å². The summed E-state index contributed by atoms with van der Waals surface area (Å²) in [6, 6.07) is 13.2. The van der Waals surface area contributed by atoms with Crippen LogP contribution in [0.25, 0.3) is 0 Å². The molecular formula is C19H19N7O. The van der Waals surface area contributed by atoms with Crippen molar-refractivity contribution in [3.63, 3.8) is 0 Å². The van der Waals surface area contributed by atoms with Gasteiger partial charge in [-0.2, -0.15) is 0 Å². The van der Waals surface area contributed by atoms with Gasteiger partial charge in [-0.05, 0) is 18.2 Å². The SMILES string of the molecule is O=C(c1cc(Nc2ccccc2)ncn1)N1CCN(c2ncccn2)CC1. The zero-order valence-electron chi connectivity index (χ0n) is 14.7. The first kappa shape index (κ1) is 16.9. The van der Waals surface area contributed by atoms with Gasteiger partial charge >= 0.3 is 0 Å². The molecular weight excluding hydrogens is 342 g/mol. The van der Waals surface area contributed by atoms with Crippen molar-refractivity contribution in [2.75, 3.05) is 36.4 Å². The van der Waals surface area contributed by atoms with E-state index >= 15 is 0 Å². The van der Waals surface area contributed by atoms with Crippen LogP contribution in [-0.4, -0.2) is 56.9 Å². The van der Waals surface area contributed by atoms with Gasteiger partial charge in [-0.1, -0.05) is 18.2 Å². The van der Waals surface area contributed by atoms with E-state index in [4.69, 9.17) is 0 Å². The molecule has 1 amide bonds. The molecule has 2 aromatic heterocycles. The highest BCUT2D eigenvalue weighted by Crippen LogP contribution is 2.16. The zero-order valence-corrected chi connectivity index (χ0v) is 14.7. The molecule has 8 heteroatoms. The summed E-state index contributed by atoms with van der Waals surface area (Å²) in [5.41, 5.74) is 1.29. The first-order chi connectivity index (χ1) is 13.3. The number of para-hydroxylation sites is 1. The average Bonchev–Trinajstić information content (AvgIpc) is 2.75. The summed E-state index contributed by atoms with van der Waals surface area (Å²) < 4.78 is 0. The number of rotatable bonds is 4. The van der Waals surface area contributed by atoms with Crippen LogP contribution in [0.3, 0.4) is 0 Å². The number of amides is 1. The summed E-state index contributed by atoms with van der Waals surface area (Å²) in [6.07, 6.45) is 4.86. The summed E-state index contributed by atoms with van der Waals surface area (Å²) >= 11 is 0. The Bertz CT molecular complexity index is 896. The number of nitrogens with zero attached hydrogens (tertiary/aromatic N) is 6. The standard InChI is InChI=1S/C19H19N7O/c27-18(25-9-11-26(12-10-25)19-20-7-4-8-21-19)16-13-17(23-14-22-16)24-15-5-2-1-3-6-15/h1-8,13-14H,9-12H2,(H,22,23,24). The molecule has 4 rings (SSSR count). The van der Waals surface area contributed by atoms with Crippen molar-refractivity contribution in [1.29, 1.82) is 0 Å². The van der Waals surface area contributed by atoms with E-state index in [1.165, 1.54) is 6.33 Å². The fourth-order valence-electron chi connectivity index (χ4n) is 2.94. The largest absolute Gasteiger partial charge is 0.340 e. The molecule has 1 aliphatic rings. The Balaban J connectivity index is 1.41. The molecule has 1 aliphatic heterocycles. The van der Waals surface area contributed by atoms with Crippen LogP contribution >= 0.6 is 0 Å². The van der Waals surface area contributed by atoms with Crippen LogP contribution in [0, 0.1) is 0 Å². The third-order valence-corrected chi connectivity index (χ3v) is 4.33. The highest BCUT2D eigenvalue weighted by atomic mass is 16.2. The molecule has 0 aliphatic carbocycles. The molecule has 0 saturated carbocycles. The fraction of sp³-hybridized carbons (Fsp3) is 0.211. The van der Waals surface area contributed by atoms with Gasteiger partial charge in [0.15, 0.2) is 0 Å². The van der Waals surface area contributed by atoms with Gasteiger partial charge in [0.05, 0.1) is 0 Å². The number of piperazine rings is 1. The van der Waals surface area contributed by atoms with E-state index in [0.717, 1.165) is 5.69 Å². The highest BCUT2D eigenvalue weighted by molar-refractivity contribution is 5.93. The topological polar surface area (TPSA) is 87.1 Å². The van der Waals surface area contributed by atoms with Crippen LogP contribution in [0.5, 0.6) is 0 Å². The summed E-state index contributed by atoms with van der Waals surface area (Å²) in [4.78, 5) is 33.6. The number of hydrogen-bond acceptors (Lipinski definition) is 7. The second kappa shape index (κ2) is 7.77. The molecule has 3 heterocycles. The smallest absolute Gasteiger partial charge is 0.272 e. The minimum atomic E-state index is -0.0952. The maximum absolute atomic E-state index is 12.8. The number of nitrogens with one attached hydrogen (secondary N) is 1. The van der Waals surface area contributed by atoms with Gasteiger partial charge in [-0.15, -0.1) is 0 Å². The van der Waals surface area contributed by atoms with Crippen LogP contribution in [0.1, 0.15) is 10.5 Å². The summed E-state index contributed by atoms with van der Waals surface area (Å²) in [7, 11) is 0. The highest BCUT2D eigenvalue weighted by Gasteiger charge is 2.24. The second-order valence-corrected chi connectivity index (χ2v) is 6.11. The predicted molar refractivity (Wildman–Crippen MR) is 102 cm³/mol. The van der Waals surface area contributed by atoms with Gasteiger partial charge in [-0.3, -0.25) is 4.79 Å². The van der Waals surface area contributed by atoms with E-state index in [9.17, 15) is 4.79 Å². The Labute approximate surface area is 156 Å². The first-order valence-electron chi connectivity index (χ1n) is 8.75. The maximum atomic E-state index is 12.8. The molecule has 0 atom stereocenters. The van der Waals surface area contributed by atoms with Crippen molar-refractivity contribution in [2.24, 2.45) is 0 Å². The van der Waals surface area contributed by atoms with Crippen molar-refractivity contribution in [1.82, 2.24) is 24.8 Å². The number of anilines is 3. The van der Waals surface area contributed by atoms with E-state index in [1.54, 1.807) is 29.4 Å². The number of benzene rings is 1. The molecule has 3 aromatic rings. The lowest BCUT2D eigenvalue weighted by Crippen LogP contribution is -2.49. The number of aromatic nitrogens is 4. The van der Waals surface area contributed by atoms with E-state index in [1.807, 2.05) is 30.3 Å². The molecule has 27 heavy (non-hydrogen) atoms. The Morgan fingerprint density at radius 1 is 0.889 bits per heavy atom. The van der Waals surface area contributed by atoms with Crippen molar-refractivity contribution in [3.8, 4) is 0 Å². The normalized spacial score (nSPS) is 14.1. The third-order valence-electron chi connectivity index (χ3n) is 4.33. The number of carbonyl (C=O) groups excluding carboxylic acids is 1. The van der Waals surface area contributed by atoms with Crippen LogP contribution in [0.2, 0.25) is 0 Å². The van der Waals surface area contributed by atoms with Gasteiger partial charge in [0, 0.05) is 50.3 Å². The summed E-state index contributed by atoms with van der Waals surface area (Å²) in [5, 5.41) is 3.18. The maximum Gasteiger partial charge on any atom is 0.272 e. The molecule has 1 fully saturated rings. The third kappa shape index (κ3) is 4.00. The van der Waals surface area contributed by atoms with Gasteiger partial charge in [0.25, 0.3) is 5.91 Å². The Hall–Kier alpha value is -3.55. The molecule has 1 aromatic carbocycles. The van der Waals surface area contributed by atoms with Gasteiger partial charge in [0.1, 0.15) is 17.8 Å². The molecule has 0 unspecified atom stereocenters. The van der Waals surface area contributed by atoms with Gasteiger partial charge in [-0.25, -0.2) is 19.9 Å². The summed E-state index contributed by atoms with van der Waals surface area (Å²) in [6.45, 7) is 2.58. The molecule has 0 radical (unpaired) electrons. The molecule has 1 N–H and O–H groups in total. The van der Waals surface area contributed by atoms with Gasteiger partial charge < -0.3 is 15.1 Å². The lowest BCUT2D eigenvalue weighted by molar-refractivity contribution is 0.0740. The second-order valence-electron chi connectivity index (χ2n) is 6.11. The van der Waals surface area contributed by atoms with Gasteiger partial charge in [0.2, 0.25) is 5.95 Å². The molecule has 0 bridgehead atoms. The lowest BCUT2D eigenvalue weighted by Gasteiger charge is -2.34. The van der Waals surface area contributed by atoms with E-state index in [0.29, 0.717) is 43.6 Å². The fourth-order valence-corrected chi connectivity index (χ4v) is 2.94. The Morgan fingerprint density at radius 3 is 2.37 bits per heavy atom. The molecule has 1 saturated heterocycles. The molecule has 136 valence electrons. The predicted octanol–water partition coefficient (Wildman–Crippen LogP) is 1.97. The van der Waals surface area contributed by atoms with Crippen LogP contribution in [0.15, 0.2) is 61.2 Å². The van der Waals surface area contributed by atoms with Crippen molar-refractivity contribution >= 4 is 23.4 Å². The minimum Gasteiger partial charge on any atom is -0.340 e. The quantitative estimate of drug-likeness (QED) is 0.760. The van der Waals surface area contributed by atoms with E-state index < -0.39 is 0 Å². The Kier molecular flexibility index (Phi) is 4.86. The number of carbonyl (C=O) groups is 1. The molecule has 8 nitrogen and oxygen atoms in total. The van der Waals surface area contributed by atoms with Crippen molar-refractivity contribution < 1.29 is 4.79 Å². The lowest BCUT2D eigenvalue weighted by atomic mass is 10.2. The van der Waals surface area contributed by atoms with Crippen molar-refractivity contribution in [2.45, 2.75) is 0 Å².